The van der Waals surface area contributed by atoms with Crippen LogP contribution in [0.3, 0.4) is 0 Å². The molecule has 4 rings (SSSR count). The van der Waals surface area contributed by atoms with E-state index >= 15 is 0 Å². The van der Waals surface area contributed by atoms with Gasteiger partial charge in [-0.05, 0) is 62.6 Å². The highest BCUT2D eigenvalue weighted by atomic mass is 35.5. The molecule has 1 aliphatic heterocycles. The largest absolute Gasteiger partial charge is 0.494 e. The van der Waals surface area contributed by atoms with Gasteiger partial charge >= 0.3 is 6.09 Å². The molecule has 0 atom stereocenters. The van der Waals surface area contributed by atoms with Crippen molar-refractivity contribution in [2.75, 3.05) is 64.1 Å². The number of halogens is 2. The maximum atomic E-state index is 13.4. The maximum absolute atomic E-state index is 13.4. The number of nitrogens with zero attached hydrogens (tertiary/aromatic N) is 4. The fraction of sp³-hybridized carbons (Fsp3) is 0.698. The number of piperazine rings is 1. The highest BCUT2D eigenvalue weighted by Crippen LogP contribution is 2.33. The third-order valence-electron chi connectivity index (χ3n) is 12.6. The van der Waals surface area contributed by atoms with Crippen molar-refractivity contribution in [3.05, 3.63) is 58.6 Å². The van der Waals surface area contributed by atoms with Crippen molar-refractivity contribution in [1.82, 2.24) is 14.8 Å². The molecule has 1 aliphatic rings. The van der Waals surface area contributed by atoms with Gasteiger partial charge in [-0.1, -0.05) is 184 Å². The van der Waals surface area contributed by atoms with Crippen LogP contribution in [0.25, 0.3) is 10.9 Å². The van der Waals surface area contributed by atoms with Crippen molar-refractivity contribution >= 4 is 45.9 Å². The summed E-state index contributed by atoms with van der Waals surface area (Å²) < 4.78 is 17.7. The van der Waals surface area contributed by atoms with E-state index in [1.54, 1.807) is 0 Å². The van der Waals surface area contributed by atoms with Crippen molar-refractivity contribution in [1.29, 1.82) is 0 Å². The van der Waals surface area contributed by atoms with E-state index in [4.69, 9.17) is 42.4 Å². The number of anilines is 1. The first-order valence-electron chi connectivity index (χ1n) is 25.5. The number of hydrogen-bond donors (Lipinski definition) is 0. The lowest BCUT2D eigenvalue weighted by Crippen LogP contribution is -2.46. The molecule has 0 saturated carbocycles. The number of aromatic nitrogens is 1. The molecule has 1 saturated heterocycles. The molecular formula is C53H84Cl2N4O4. The second-order valence-corrected chi connectivity index (χ2v) is 18.7. The zero-order valence-corrected chi connectivity index (χ0v) is 41.1. The van der Waals surface area contributed by atoms with E-state index in [1.165, 1.54) is 128 Å². The molecule has 63 heavy (non-hydrogen) atoms. The van der Waals surface area contributed by atoms with E-state index in [-0.39, 0.29) is 12.9 Å². The molecule has 0 spiro atoms. The molecule has 0 unspecified atom stereocenters. The maximum Gasteiger partial charge on any atom is 0.412 e. The first-order valence-corrected chi connectivity index (χ1v) is 26.2. The van der Waals surface area contributed by atoms with E-state index in [9.17, 15) is 4.79 Å². The number of unbranched alkanes of at least 4 members (excludes halogenated alkanes) is 23. The number of hydrogen-bond acceptors (Lipinski definition) is 7. The van der Waals surface area contributed by atoms with Crippen LogP contribution in [0.2, 0.25) is 10.0 Å². The predicted molar refractivity (Wildman–Crippen MR) is 267 cm³/mol. The molecule has 354 valence electrons. The van der Waals surface area contributed by atoms with Crippen molar-refractivity contribution in [2.24, 2.45) is 0 Å². The molecule has 3 aromatic rings. The molecule has 8 nitrogen and oxygen atoms in total. The quantitative estimate of drug-likeness (QED) is 0.0425. The molecule has 0 aliphatic carbocycles. The molecule has 0 radical (unpaired) electrons. The van der Waals surface area contributed by atoms with Gasteiger partial charge in [-0.3, -0.25) is 4.90 Å². The van der Waals surface area contributed by atoms with Crippen LogP contribution in [0.5, 0.6) is 11.6 Å². The summed E-state index contributed by atoms with van der Waals surface area (Å²) in [5.41, 5.74) is 1.81. The lowest BCUT2D eigenvalue weighted by Gasteiger charge is -2.36. The first-order chi connectivity index (χ1) is 31.0. The summed E-state index contributed by atoms with van der Waals surface area (Å²) in [6.45, 7) is 11.4. The lowest BCUT2D eigenvalue weighted by atomic mass is 10.0. The number of rotatable bonds is 36. The van der Waals surface area contributed by atoms with Crippen LogP contribution >= 0.6 is 23.2 Å². The monoisotopic (exact) mass is 911 g/mol. The van der Waals surface area contributed by atoms with Crippen LogP contribution in [0.4, 0.5) is 10.5 Å². The number of amides is 1. The highest BCUT2D eigenvalue weighted by Gasteiger charge is 2.20. The number of carbonyl (C=O) groups excluding carboxylic acids is 1. The van der Waals surface area contributed by atoms with Crippen LogP contribution in [0, 0.1) is 0 Å². The van der Waals surface area contributed by atoms with E-state index in [2.05, 4.69) is 23.6 Å². The average molecular weight is 912 g/mol. The fourth-order valence-corrected chi connectivity index (χ4v) is 9.05. The fourth-order valence-electron chi connectivity index (χ4n) is 8.64. The van der Waals surface area contributed by atoms with Crippen LogP contribution in [0.15, 0.2) is 48.5 Å². The molecule has 0 bridgehead atoms. The summed E-state index contributed by atoms with van der Waals surface area (Å²) in [4.78, 5) is 24.8. The van der Waals surface area contributed by atoms with Gasteiger partial charge in [0.05, 0.1) is 27.9 Å². The molecule has 0 N–H and O–H groups in total. The van der Waals surface area contributed by atoms with Gasteiger partial charge in [-0.15, -0.1) is 0 Å². The average Bonchev–Trinajstić information content (AvgIpc) is 3.30. The summed E-state index contributed by atoms with van der Waals surface area (Å²) in [6.07, 6.45) is 33.0. The molecular weight excluding hydrogens is 828 g/mol. The van der Waals surface area contributed by atoms with E-state index in [1.807, 2.05) is 53.4 Å². The summed E-state index contributed by atoms with van der Waals surface area (Å²) >= 11 is 12.7. The Labute approximate surface area is 393 Å². The van der Waals surface area contributed by atoms with Crippen molar-refractivity contribution in [3.8, 4) is 11.6 Å². The Kier molecular flexibility index (Phi) is 28.0. The first kappa shape index (κ1) is 52.7. The van der Waals surface area contributed by atoms with Gasteiger partial charge in [0.1, 0.15) is 5.75 Å². The molecule has 2 aromatic carbocycles. The van der Waals surface area contributed by atoms with E-state index in [0.29, 0.717) is 22.5 Å². The predicted octanol–water partition coefficient (Wildman–Crippen LogP) is 15.7. The molecule has 1 aromatic heterocycles. The van der Waals surface area contributed by atoms with Gasteiger partial charge in [-0.25, -0.2) is 9.78 Å². The smallest absolute Gasteiger partial charge is 0.412 e. The number of benzene rings is 2. The zero-order chi connectivity index (χ0) is 44.6. The summed E-state index contributed by atoms with van der Waals surface area (Å²) in [6, 6.07) is 15.6. The van der Waals surface area contributed by atoms with Crippen molar-refractivity contribution < 1.29 is 19.0 Å². The van der Waals surface area contributed by atoms with Crippen LogP contribution in [-0.2, 0) is 4.74 Å². The summed E-state index contributed by atoms with van der Waals surface area (Å²) in [5.74, 6) is 1.22. The number of fused-ring (bicyclic) bond motifs is 1. The topological polar surface area (TPSA) is 67.4 Å². The molecule has 1 fully saturated rings. The van der Waals surface area contributed by atoms with Crippen LogP contribution < -0.4 is 14.4 Å². The molecule has 1 amide bonds. The minimum absolute atomic E-state index is 0.162. The van der Waals surface area contributed by atoms with Gasteiger partial charge in [0, 0.05) is 56.8 Å². The summed E-state index contributed by atoms with van der Waals surface area (Å²) in [5, 5.41) is 2.24. The Hall–Kier alpha value is -2.94. The third kappa shape index (κ3) is 22.2. The number of ether oxygens (including phenoxy) is 3. The Balaban J connectivity index is 1.13. The van der Waals surface area contributed by atoms with E-state index in [0.717, 1.165) is 107 Å². The second-order valence-electron chi connectivity index (χ2n) is 17.9. The molecule has 2 heterocycles. The van der Waals surface area contributed by atoms with Gasteiger partial charge in [0.25, 0.3) is 0 Å². The third-order valence-corrected chi connectivity index (χ3v) is 13.4. The lowest BCUT2D eigenvalue weighted by molar-refractivity contribution is 0.0323. The Morgan fingerprint density at radius 3 is 1.73 bits per heavy atom. The number of carbonyl (C=O) groups is 1. The Morgan fingerprint density at radius 2 is 1.16 bits per heavy atom. The summed E-state index contributed by atoms with van der Waals surface area (Å²) in [7, 11) is 0. The van der Waals surface area contributed by atoms with Gasteiger partial charge in [-0.2, -0.15) is 0 Å². The highest BCUT2D eigenvalue weighted by molar-refractivity contribution is 6.43. The minimum atomic E-state index is -0.289. The SMILES string of the molecule is CCCCCCCCCCCCCCN(CCCCCCCCCCCCCC)C(=O)OCOc1ccc2ccc(OCCCCN3CCN(c4cccc(Cl)c4Cl)CC3)cc2n1. The minimum Gasteiger partial charge on any atom is -0.494 e. The van der Waals surface area contributed by atoms with E-state index < -0.39 is 0 Å². The second kappa shape index (κ2) is 33.5. The number of pyridine rings is 1. The normalized spacial score (nSPS) is 13.2. The Bertz CT molecular complexity index is 1610. The van der Waals surface area contributed by atoms with Crippen molar-refractivity contribution in [3.63, 3.8) is 0 Å². The van der Waals surface area contributed by atoms with Gasteiger partial charge < -0.3 is 24.0 Å². The van der Waals surface area contributed by atoms with Crippen LogP contribution in [0.1, 0.15) is 181 Å². The van der Waals surface area contributed by atoms with Gasteiger partial charge in [0.15, 0.2) is 0 Å². The van der Waals surface area contributed by atoms with Crippen molar-refractivity contribution in [2.45, 2.75) is 181 Å². The van der Waals surface area contributed by atoms with Gasteiger partial charge in [0.2, 0.25) is 12.7 Å². The van der Waals surface area contributed by atoms with Crippen LogP contribution in [-0.4, -0.2) is 80.1 Å². The standard InChI is InChI=1S/C53H84Cl2N4O4/c1-3-5-7-9-11-13-15-17-19-21-23-25-37-59(38-26-24-22-20-18-16-14-12-10-8-6-4-2)53(60)63-45-62-51-35-33-46-32-34-47(44-49(46)56-51)61-43-28-27-36-57-39-41-58(42-40-57)50-31-29-30-48(54)52(50)55/h29-35,44H,3-28,36-43,45H2,1-2H3. The molecule has 10 heteroatoms. The zero-order valence-electron chi connectivity index (χ0n) is 39.5. The Morgan fingerprint density at radius 1 is 0.619 bits per heavy atom.